The van der Waals surface area contributed by atoms with Gasteiger partial charge in [0.05, 0.1) is 5.69 Å². The molecule has 188 valence electrons. The zero-order chi connectivity index (χ0) is 24.3. The molecule has 3 aliphatic rings. The summed E-state index contributed by atoms with van der Waals surface area (Å²) in [6, 6.07) is 15.8. The van der Waals surface area contributed by atoms with Crippen LogP contribution < -0.4 is 28.9 Å². The Morgan fingerprint density at radius 2 is 1.78 bits per heavy atom. The van der Waals surface area contributed by atoms with E-state index in [9.17, 15) is 4.79 Å². The summed E-state index contributed by atoms with van der Waals surface area (Å²) in [6.45, 7) is 3.13. The standard InChI is InChI=1S/C30H36N4O2.Li/c35-30(33-28-19-26(28)21-8-2-1-3-9-21)32-27-12-13-29(25-11-5-4-10-24(25)27)36-23-14-15-31-22(18-23)20-34-16-6-7-17-34;/h4-5,10-15,18,21,26,28H,1-3,6-9,16-17,19-20H2,(H2,32,33,35);/q;+1/p-1. The van der Waals surface area contributed by atoms with Gasteiger partial charge in [0.1, 0.15) is 11.5 Å². The van der Waals surface area contributed by atoms with Crippen LogP contribution in [-0.4, -0.2) is 35.0 Å². The Kier molecular flexibility index (Phi) is 8.39. The summed E-state index contributed by atoms with van der Waals surface area (Å²) in [6.07, 6.45) is 12.1. The summed E-state index contributed by atoms with van der Waals surface area (Å²) >= 11 is 0. The van der Waals surface area contributed by atoms with Crippen LogP contribution >= 0.6 is 0 Å². The quantitative estimate of drug-likeness (QED) is 0.501. The maximum Gasteiger partial charge on any atom is 1.00 e. The van der Waals surface area contributed by atoms with Gasteiger partial charge in [0, 0.05) is 24.2 Å². The van der Waals surface area contributed by atoms with E-state index >= 15 is 0 Å². The van der Waals surface area contributed by atoms with Crippen molar-refractivity contribution in [3.63, 3.8) is 0 Å². The van der Waals surface area contributed by atoms with Crippen molar-refractivity contribution in [2.24, 2.45) is 11.8 Å². The predicted octanol–water partition coefficient (Wildman–Crippen LogP) is 4.31. The minimum Gasteiger partial charge on any atom is -0.457 e. The van der Waals surface area contributed by atoms with Crippen LogP contribution in [0.1, 0.15) is 57.1 Å². The molecule has 2 saturated carbocycles. The molecule has 1 N–H and O–H groups in total. The second-order valence-electron chi connectivity index (χ2n) is 10.7. The van der Waals surface area contributed by atoms with Crippen LogP contribution in [0.3, 0.4) is 0 Å². The molecule has 0 radical (unpaired) electrons. The fraction of sp³-hybridized carbons (Fsp3) is 0.467. The number of likely N-dealkylation sites (tertiary alicyclic amines) is 1. The van der Waals surface area contributed by atoms with E-state index < -0.39 is 0 Å². The summed E-state index contributed by atoms with van der Waals surface area (Å²) < 4.78 is 6.31. The van der Waals surface area contributed by atoms with Crippen molar-refractivity contribution in [1.29, 1.82) is 0 Å². The van der Waals surface area contributed by atoms with Gasteiger partial charge in [-0.3, -0.25) is 14.7 Å². The Balaban J connectivity index is 0.00000280. The molecule has 0 bridgehead atoms. The van der Waals surface area contributed by atoms with Crippen molar-refractivity contribution in [3.8, 4) is 11.5 Å². The molecule has 2 aliphatic carbocycles. The van der Waals surface area contributed by atoms with Gasteiger partial charge < -0.3 is 15.4 Å². The van der Waals surface area contributed by atoms with Gasteiger partial charge in [0.15, 0.2) is 6.03 Å². The first-order valence-electron chi connectivity index (χ1n) is 13.6. The third kappa shape index (κ3) is 6.31. The molecule has 3 fully saturated rings. The average molecular weight is 491 g/mol. The fourth-order valence-electron chi connectivity index (χ4n) is 6.11. The number of ether oxygens (including phenoxy) is 1. The second kappa shape index (κ2) is 11.9. The van der Waals surface area contributed by atoms with E-state index in [1.807, 2.05) is 54.7 Å². The van der Waals surface area contributed by atoms with Gasteiger partial charge in [-0.25, -0.2) is 0 Å². The van der Waals surface area contributed by atoms with E-state index in [-0.39, 0.29) is 24.9 Å². The number of urea groups is 1. The van der Waals surface area contributed by atoms with Gasteiger partial charge in [-0.15, -0.1) is 0 Å². The SMILES string of the molecule is O=C([N-]c1ccc(Oc2ccnc(CN3CCCC3)c2)c2ccccc12)NC1CC1C1CCCCC1.[Li+]. The van der Waals surface area contributed by atoms with Crippen LogP contribution in [0.5, 0.6) is 11.5 Å². The molecule has 1 aromatic heterocycles. The molecule has 37 heavy (non-hydrogen) atoms. The molecule has 2 aromatic carbocycles. The van der Waals surface area contributed by atoms with Gasteiger partial charge in [-0.1, -0.05) is 62.4 Å². The molecule has 2 atom stereocenters. The van der Waals surface area contributed by atoms with Crippen molar-refractivity contribution >= 4 is 22.5 Å². The predicted molar refractivity (Wildman–Crippen MR) is 143 cm³/mol. The number of carbonyl (C=O) groups is 1. The molecule has 7 heteroatoms. The van der Waals surface area contributed by atoms with Gasteiger partial charge >= 0.3 is 18.9 Å². The Labute approximate surface area is 231 Å². The van der Waals surface area contributed by atoms with Gasteiger partial charge in [0.2, 0.25) is 0 Å². The van der Waals surface area contributed by atoms with Crippen molar-refractivity contribution < 1.29 is 28.4 Å². The van der Waals surface area contributed by atoms with Gasteiger partial charge in [0.25, 0.3) is 0 Å². The second-order valence-corrected chi connectivity index (χ2v) is 10.7. The number of aromatic nitrogens is 1. The molecule has 2 amide bonds. The monoisotopic (exact) mass is 490 g/mol. The summed E-state index contributed by atoms with van der Waals surface area (Å²) in [4.78, 5) is 19.7. The first kappa shape index (κ1) is 26.1. The molecule has 1 aliphatic heterocycles. The number of amides is 2. The molecule has 6 rings (SSSR count). The topological polar surface area (TPSA) is 68.6 Å². The Bertz CT molecular complexity index is 1220. The van der Waals surface area contributed by atoms with E-state index in [4.69, 9.17) is 4.74 Å². The molecule has 0 spiro atoms. The summed E-state index contributed by atoms with van der Waals surface area (Å²) in [7, 11) is 0. The smallest absolute Gasteiger partial charge is 0.457 e. The zero-order valence-electron chi connectivity index (χ0n) is 21.9. The van der Waals surface area contributed by atoms with Crippen LogP contribution in [0.25, 0.3) is 16.1 Å². The van der Waals surface area contributed by atoms with Gasteiger partial charge in [-0.05, 0) is 73.4 Å². The van der Waals surface area contributed by atoms with Crippen LogP contribution in [0.4, 0.5) is 10.5 Å². The normalized spacial score (nSPS) is 21.8. The number of benzene rings is 2. The third-order valence-electron chi connectivity index (χ3n) is 8.09. The van der Waals surface area contributed by atoms with E-state index in [0.29, 0.717) is 17.6 Å². The summed E-state index contributed by atoms with van der Waals surface area (Å²) in [5.74, 6) is 2.95. The average Bonchev–Trinajstić information content (AvgIpc) is 3.47. The van der Waals surface area contributed by atoms with Crippen LogP contribution in [-0.2, 0) is 6.54 Å². The molecule has 2 unspecified atom stereocenters. The largest absolute Gasteiger partial charge is 1.00 e. The Hall–Kier alpha value is -2.52. The maximum atomic E-state index is 12.8. The number of nitrogens with zero attached hydrogens (tertiary/aromatic N) is 3. The number of carbonyl (C=O) groups excluding carboxylic acids is 1. The van der Waals surface area contributed by atoms with E-state index in [1.165, 1.54) is 44.9 Å². The van der Waals surface area contributed by atoms with E-state index in [2.05, 4.69) is 20.5 Å². The number of fused-ring (bicyclic) bond motifs is 1. The summed E-state index contributed by atoms with van der Waals surface area (Å²) in [5.41, 5.74) is 1.70. The van der Waals surface area contributed by atoms with Crippen molar-refractivity contribution in [1.82, 2.24) is 15.2 Å². The number of hydrogen-bond donors (Lipinski definition) is 1. The van der Waals surface area contributed by atoms with Gasteiger partial charge in [-0.2, -0.15) is 0 Å². The van der Waals surface area contributed by atoms with E-state index in [0.717, 1.165) is 59.9 Å². The molecule has 6 nitrogen and oxygen atoms in total. The number of pyridine rings is 1. The van der Waals surface area contributed by atoms with Crippen LogP contribution in [0, 0.1) is 11.8 Å². The van der Waals surface area contributed by atoms with Crippen molar-refractivity contribution in [2.45, 2.75) is 64.0 Å². The van der Waals surface area contributed by atoms with Crippen LogP contribution in [0.2, 0.25) is 0 Å². The van der Waals surface area contributed by atoms with Crippen LogP contribution in [0.15, 0.2) is 54.7 Å². The summed E-state index contributed by atoms with van der Waals surface area (Å²) in [5, 5.41) is 9.46. The molecule has 3 aromatic rings. The molecular weight excluding hydrogens is 455 g/mol. The van der Waals surface area contributed by atoms with Crippen molar-refractivity contribution in [2.75, 3.05) is 13.1 Å². The molecular formula is C30H35LiN4O2. The Morgan fingerprint density at radius 3 is 2.59 bits per heavy atom. The Morgan fingerprint density at radius 1 is 1.00 bits per heavy atom. The minimum absolute atomic E-state index is 0. The minimum atomic E-state index is -0.238. The zero-order valence-corrected chi connectivity index (χ0v) is 21.9. The molecule has 1 saturated heterocycles. The maximum absolute atomic E-state index is 12.8. The number of rotatable bonds is 7. The fourth-order valence-corrected chi connectivity index (χ4v) is 6.11. The molecule has 2 heterocycles. The first-order chi connectivity index (χ1) is 17.7. The first-order valence-corrected chi connectivity index (χ1v) is 13.6. The van der Waals surface area contributed by atoms with Crippen molar-refractivity contribution in [3.05, 3.63) is 65.7 Å². The third-order valence-corrected chi connectivity index (χ3v) is 8.09. The number of hydrogen-bond acceptors (Lipinski definition) is 4. The van der Waals surface area contributed by atoms with E-state index in [1.54, 1.807) is 0 Å². The number of nitrogens with one attached hydrogen (secondary N) is 1.